The molecule has 0 saturated carbocycles. The molecule has 6 nitrogen and oxygen atoms in total. The molecule has 0 bridgehead atoms. The van der Waals surface area contributed by atoms with Crippen molar-refractivity contribution in [2.24, 2.45) is 0 Å². The van der Waals surface area contributed by atoms with Gasteiger partial charge in [0.05, 0.1) is 18.1 Å². The van der Waals surface area contributed by atoms with Gasteiger partial charge in [-0.05, 0) is 15.9 Å². The molecule has 0 spiro atoms. The van der Waals surface area contributed by atoms with Gasteiger partial charge in [0.2, 0.25) is 0 Å². The van der Waals surface area contributed by atoms with Gasteiger partial charge in [0.1, 0.15) is 6.10 Å². The highest BCUT2D eigenvalue weighted by Gasteiger charge is 2.25. The van der Waals surface area contributed by atoms with E-state index in [4.69, 9.17) is 9.47 Å². The van der Waals surface area contributed by atoms with Crippen LogP contribution in [0, 0.1) is 10.1 Å². The maximum absolute atomic E-state index is 10.7. The molecular weight excluding hydrogens is 268 g/mol. The fourth-order valence-corrected chi connectivity index (χ4v) is 1.40. The number of ether oxygens (including phenoxy) is 2. The minimum atomic E-state index is -0.521. The molecule has 1 aromatic heterocycles. The van der Waals surface area contributed by atoms with Gasteiger partial charge in [0.25, 0.3) is 5.88 Å². The van der Waals surface area contributed by atoms with E-state index in [1.807, 2.05) is 0 Å². The molecule has 1 aromatic rings. The number of rotatable bonds is 3. The second-order valence-corrected chi connectivity index (χ2v) is 3.93. The van der Waals surface area contributed by atoms with E-state index in [1.165, 1.54) is 12.3 Å². The Labute approximate surface area is 93.5 Å². The van der Waals surface area contributed by atoms with E-state index in [1.54, 1.807) is 0 Å². The Kier molecular flexibility index (Phi) is 2.83. The van der Waals surface area contributed by atoms with Crippen LogP contribution in [0.4, 0.5) is 5.69 Å². The van der Waals surface area contributed by atoms with E-state index >= 15 is 0 Å². The molecule has 2 rings (SSSR count). The second kappa shape index (κ2) is 4.11. The highest BCUT2D eigenvalue weighted by molar-refractivity contribution is 9.10. The SMILES string of the molecule is O=[N+]([O-])c1cc(Br)cnc1OC1COC1. The third kappa shape index (κ3) is 2.24. The number of pyridine rings is 1. The lowest BCUT2D eigenvalue weighted by Gasteiger charge is -2.25. The first-order valence-electron chi connectivity index (χ1n) is 4.21. The molecular formula is C8H7BrN2O4. The van der Waals surface area contributed by atoms with Crippen LogP contribution < -0.4 is 4.74 Å². The summed E-state index contributed by atoms with van der Waals surface area (Å²) >= 11 is 3.11. The Morgan fingerprint density at radius 2 is 2.40 bits per heavy atom. The average molecular weight is 275 g/mol. The molecule has 15 heavy (non-hydrogen) atoms. The second-order valence-electron chi connectivity index (χ2n) is 3.01. The normalized spacial score (nSPS) is 15.8. The Morgan fingerprint density at radius 1 is 1.67 bits per heavy atom. The van der Waals surface area contributed by atoms with Gasteiger partial charge < -0.3 is 9.47 Å². The van der Waals surface area contributed by atoms with Crippen molar-refractivity contribution >= 4 is 21.6 Å². The molecule has 0 aliphatic carbocycles. The van der Waals surface area contributed by atoms with E-state index in [0.717, 1.165) is 0 Å². The summed E-state index contributed by atoms with van der Waals surface area (Å²) in [6.07, 6.45) is 1.33. The third-order valence-electron chi connectivity index (χ3n) is 1.88. The summed E-state index contributed by atoms with van der Waals surface area (Å²) < 4.78 is 10.7. The molecule has 80 valence electrons. The highest BCUT2D eigenvalue weighted by Crippen LogP contribution is 2.28. The molecule has 1 aliphatic rings. The van der Waals surface area contributed by atoms with Crippen LogP contribution in [-0.4, -0.2) is 29.2 Å². The zero-order valence-corrected chi connectivity index (χ0v) is 9.14. The molecule has 0 amide bonds. The summed E-state index contributed by atoms with van der Waals surface area (Å²) in [6.45, 7) is 0.907. The van der Waals surface area contributed by atoms with E-state index in [0.29, 0.717) is 17.7 Å². The molecule has 0 unspecified atom stereocenters. The van der Waals surface area contributed by atoms with Crippen LogP contribution in [0.3, 0.4) is 0 Å². The molecule has 1 aliphatic heterocycles. The van der Waals surface area contributed by atoms with Crippen molar-refractivity contribution in [1.82, 2.24) is 4.98 Å². The van der Waals surface area contributed by atoms with Crippen LogP contribution in [0.15, 0.2) is 16.7 Å². The van der Waals surface area contributed by atoms with Crippen LogP contribution in [0.1, 0.15) is 0 Å². The lowest BCUT2D eigenvalue weighted by atomic mass is 10.3. The molecule has 1 fully saturated rings. The van der Waals surface area contributed by atoms with Gasteiger partial charge >= 0.3 is 5.69 Å². The van der Waals surface area contributed by atoms with E-state index < -0.39 is 4.92 Å². The standard InChI is InChI=1S/C8H7BrN2O4/c9-5-1-7(11(12)13)8(10-2-5)15-6-3-14-4-6/h1-2,6H,3-4H2. The average Bonchev–Trinajstić information content (AvgIpc) is 2.12. The minimum Gasteiger partial charge on any atom is -0.465 e. The van der Waals surface area contributed by atoms with Gasteiger partial charge in [-0.1, -0.05) is 0 Å². The molecule has 7 heteroatoms. The van der Waals surface area contributed by atoms with Crippen molar-refractivity contribution in [3.05, 3.63) is 26.9 Å². The molecule has 0 aromatic carbocycles. The highest BCUT2D eigenvalue weighted by atomic mass is 79.9. The van der Waals surface area contributed by atoms with Gasteiger partial charge in [0.15, 0.2) is 0 Å². The predicted octanol–water partition coefficient (Wildman–Crippen LogP) is 1.53. The minimum absolute atomic E-state index is 0.0384. The maximum Gasteiger partial charge on any atom is 0.332 e. The molecule has 2 heterocycles. The van der Waals surface area contributed by atoms with Crippen molar-refractivity contribution in [1.29, 1.82) is 0 Å². The monoisotopic (exact) mass is 274 g/mol. The van der Waals surface area contributed by atoms with Crippen molar-refractivity contribution in [3.63, 3.8) is 0 Å². The fourth-order valence-electron chi connectivity index (χ4n) is 1.08. The van der Waals surface area contributed by atoms with Crippen molar-refractivity contribution < 1.29 is 14.4 Å². The summed E-state index contributed by atoms with van der Waals surface area (Å²) in [5.74, 6) is 0.0384. The number of aromatic nitrogens is 1. The maximum atomic E-state index is 10.7. The van der Waals surface area contributed by atoms with Crippen LogP contribution in [-0.2, 0) is 4.74 Å². The summed E-state index contributed by atoms with van der Waals surface area (Å²) in [6, 6.07) is 1.36. The number of hydrogen-bond donors (Lipinski definition) is 0. The van der Waals surface area contributed by atoms with Gasteiger partial charge in [-0.2, -0.15) is 0 Å². The summed E-state index contributed by atoms with van der Waals surface area (Å²) in [7, 11) is 0. The topological polar surface area (TPSA) is 74.5 Å². The number of nitrogens with zero attached hydrogens (tertiary/aromatic N) is 2. The lowest BCUT2D eigenvalue weighted by molar-refractivity contribution is -0.386. The third-order valence-corrected chi connectivity index (χ3v) is 2.32. The van der Waals surface area contributed by atoms with Crippen LogP contribution >= 0.6 is 15.9 Å². The molecule has 0 atom stereocenters. The zero-order valence-electron chi connectivity index (χ0n) is 7.55. The fraction of sp³-hybridized carbons (Fsp3) is 0.375. The number of hydrogen-bond acceptors (Lipinski definition) is 5. The first-order chi connectivity index (χ1) is 7.16. The van der Waals surface area contributed by atoms with E-state index in [9.17, 15) is 10.1 Å². The smallest absolute Gasteiger partial charge is 0.332 e. The van der Waals surface area contributed by atoms with Crippen LogP contribution in [0.2, 0.25) is 0 Å². The predicted molar refractivity (Wildman–Crippen MR) is 53.8 cm³/mol. The van der Waals surface area contributed by atoms with Crippen molar-refractivity contribution in [3.8, 4) is 5.88 Å². The number of nitro groups is 1. The Hall–Kier alpha value is -1.21. The largest absolute Gasteiger partial charge is 0.465 e. The zero-order chi connectivity index (χ0) is 10.8. The van der Waals surface area contributed by atoms with Gasteiger partial charge in [0, 0.05) is 16.7 Å². The van der Waals surface area contributed by atoms with Crippen molar-refractivity contribution in [2.75, 3.05) is 13.2 Å². The van der Waals surface area contributed by atoms with Crippen LogP contribution in [0.5, 0.6) is 5.88 Å². The summed E-state index contributed by atoms with van der Waals surface area (Å²) in [5, 5.41) is 10.7. The number of halogens is 1. The van der Waals surface area contributed by atoms with Gasteiger partial charge in [-0.15, -0.1) is 0 Å². The first-order valence-corrected chi connectivity index (χ1v) is 5.00. The van der Waals surface area contributed by atoms with Crippen molar-refractivity contribution in [2.45, 2.75) is 6.10 Å². The molecule has 0 N–H and O–H groups in total. The van der Waals surface area contributed by atoms with Crippen LogP contribution in [0.25, 0.3) is 0 Å². The van der Waals surface area contributed by atoms with Gasteiger partial charge in [-0.25, -0.2) is 4.98 Å². The first kappa shape index (κ1) is 10.3. The van der Waals surface area contributed by atoms with Gasteiger partial charge in [-0.3, -0.25) is 10.1 Å². The summed E-state index contributed by atoms with van der Waals surface area (Å²) in [5.41, 5.74) is -0.142. The quantitative estimate of drug-likeness (QED) is 0.617. The Morgan fingerprint density at radius 3 is 2.93 bits per heavy atom. The van der Waals surface area contributed by atoms with E-state index in [-0.39, 0.29) is 17.7 Å². The molecule has 1 saturated heterocycles. The van der Waals surface area contributed by atoms with E-state index in [2.05, 4.69) is 20.9 Å². The Balaban J connectivity index is 2.23. The summed E-state index contributed by atoms with van der Waals surface area (Å²) in [4.78, 5) is 14.0. The lowest BCUT2D eigenvalue weighted by Crippen LogP contribution is -2.38. The molecule has 0 radical (unpaired) electrons. The Bertz CT molecular complexity index is 394.